The van der Waals surface area contributed by atoms with Gasteiger partial charge < -0.3 is 15.8 Å². The van der Waals surface area contributed by atoms with Gasteiger partial charge >= 0.3 is 5.97 Å². The Hall–Kier alpha value is -3.59. The second-order valence-corrected chi connectivity index (χ2v) is 7.64. The minimum absolute atomic E-state index is 0.0813. The average molecular weight is 439 g/mol. The fourth-order valence-corrected chi connectivity index (χ4v) is 3.81. The minimum atomic E-state index is -0.938. The van der Waals surface area contributed by atoms with Gasteiger partial charge in [0.1, 0.15) is 5.82 Å². The zero-order valence-electron chi connectivity index (χ0n) is 17.1. The van der Waals surface area contributed by atoms with Crippen molar-refractivity contribution in [2.24, 2.45) is 0 Å². The number of carbonyl (C=O) groups excluding carboxylic acids is 2. The highest BCUT2D eigenvalue weighted by Crippen LogP contribution is 2.23. The molecule has 0 unspecified atom stereocenters. The van der Waals surface area contributed by atoms with E-state index in [0.29, 0.717) is 5.56 Å². The van der Waals surface area contributed by atoms with Crippen LogP contribution in [0.5, 0.6) is 0 Å². The Labute approximate surface area is 183 Å². The van der Waals surface area contributed by atoms with Crippen LogP contribution in [-0.2, 0) is 14.3 Å². The predicted octanol–water partition coefficient (Wildman–Crippen LogP) is 2.25. The van der Waals surface area contributed by atoms with Gasteiger partial charge in [-0.3, -0.25) is 14.2 Å². The Bertz CT molecular complexity index is 1150. The number of nitrogen functional groups attached to an aromatic ring is 1. The lowest BCUT2D eigenvalue weighted by atomic mass is 10.1. The maximum Gasteiger partial charge on any atom is 0.333 e. The molecule has 0 spiro atoms. The summed E-state index contributed by atoms with van der Waals surface area (Å²) in [7, 11) is 1.26. The van der Waals surface area contributed by atoms with Gasteiger partial charge in [0.15, 0.2) is 11.2 Å². The fourth-order valence-electron chi connectivity index (χ4n) is 2.98. The lowest BCUT2D eigenvalue weighted by Crippen LogP contribution is -2.35. The minimum Gasteiger partial charge on any atom is -0.467 e. The Kier molecular flexibility index (Phi) is 7.09. The van der Waals surface area contributed by atoms with E-state index in [9.17, 15) is 14.4 Å². The number of hydrogen-bond acceptors (Lipinski definition) is 7. The highest BCUT2D eigenvalue weighted by Gasteiger charge is 2.23. The Morgan fingerprint density at radius 3 is 2.58 bits per heavy atom. The molecule has 0 aliphatic rings. The van der Waals surface area contributed by atoms with Gasteiger partial charge in [-0.05, 0) is 30.2 Å². The van der Waals surface area contributed by atoms with E-state index in [2.05, 4.69) is 10.3 Å². The Balaban J connectivity index is 1.81. The molecule has 3 rings (SSSR count). The number of nitrogens with zero attached hydrogens (tertiary/aromatic N) is 2. The summed E-state index contributed by atoms with van der Waals surface area (Å²) in [4.78, 5) is 40.7. The number of carbonyl (C=O) groups is 2. The van der Waals surface area contributed by atoms with Crippen molar-refractivity contribution >= 4 is 29.5 Å². The number of rotatable bonds is 7. The molecule has 1 aromatic heterocycles. The standard InChI is InChI=1S/C22H22N4O4S/c1-14-7-6-10-16(11-14)26-17(23)12-18(27)25-22(26)31-13-19(28)24-20(21(29)30-2)15-8-4-3-5-9-15/h3-12,20H,13,23H2,1-2H3,(H,24,28)/t20-/m0/s1. The molecule has 31 heavy (non-hydrogen) atoms. The molecule has 0 saturated heterocycles. The number of anilines is 1. The van der Waals surface area contributed by atoms with Crippen molar-refractivity contribution in [1.29, 1.82) is 0 Å². The van der Waals surface area contributed by atoms with E-state index in [-0.39, 0.29) is 16.7 Å². The predicted molar refractivity (Wildman–Crippen MR) is 119 cm³/mol. The molecule has 1 heterocycles. The van der Waals surface area contributed by atoms with Gasteiger partial charge in [-0.2, -0.15) is 4.98 Å². The molecule has 3 aromatic rings. The molecule has 0 aliphatic heterocycles. The topological polar surface area (TPSA) is 116 Å². The van der Waals surface area contributed by atoms with Gasteiger partial charge in [0.2, 0.25) is 5.91 Å². The van der Waals surface area contributed by atoms with Gasteiger partial charge in [-0.1, -0.05) is 54.2 Å². The van der Waals surface area contributed by atoms with Crippen molar-refractivity contribution in [1.82, 2.24) is 14.9 Å². The third kappa shape index (κ3) is 5.52. The van der Waals surface area contributed by atoms with Crippen LogP contribution < -0.4 is 16.6 Å². The highest BCUT2D eigenvalue weighted by molar-refractivity contribution is 7.99. The van der Waals surface area contributed by atoms with Gasteiger partial charge in [-0.15, -0.1) is 0 Å². The van der Waals surface area contributed by atoms with Crippen LogP contribution >= 0.6 is 11.8 Å². The van der Waals surface area contributed by atoms with Crippen LogP contribution in [0.15, 0.2) is 70.6 Å². The third-order valence-electron chi connectivity index (χ3n) is 4.39. The number of esters is 1. The SMILES string of the molecule is COC(=O)[C@@H](NC(=O)CSc1nc(=O)cc(N)n1-c1cccc(C)c1)c1ccccc1. The van der Waals surface area contributed by atoms with Gasteiger partial charge in [0.25, 0.3) is 5.56 Å². The van der Waals surface area contributed by atoms with Crippen LogP contribution in [0.2, 0.25) is 0 Å². The first-order valence-corrected chi connectivity index (χ1v) is 10.4. The molecule has 2 aromatic carbocycles. The Morgan fingerprint density at radius 2 is 1.90 bits per heavy atom. The van der Waals surface area contributed by atoms with Crippen LogP contribution in [0.4, 0.5) is 5.82 Å². The Morgan fingerprint density at radius 1 is 1.16 bits per heavy atom. The molecular formula is C22H22N4O4S. The number of amides is 1. The van der Waals surface area contributed by atoms with Gasteiger partial charge in [0.05, 0.1) is 12.9 Å². The largest absolute Gasteiger partial charge is 0.467 e. The second-order valence-electron chi connectivity index (χ2n) is 6.70. The zero-order chi connectivity index (χ0) is 22.4. The summed E-state index contributed by atoms with van der Waals surface area (Å²) >= 11 is 1.05. The molecule has 9 heteroatoms. The number of hydrogen-bond donors (Lipinski definition) is 2. The number of methoxy groups -OCH3 is 1. The zero-order valence-corrected chi connectivity index (χ0v) is 17.9. The number of thioether (sulfide) groups is 1. The van der Waals surface area contributed by atoms with Crippen molar-refractivity contribution in [3.05, 3.63) is 82.1 Å². The molecule has 0 fully saturated rings. The fraction of sp³-hybridized carbons (Fsp3) is 0.182. The van der Waals surface area contributed by atoms with Crippen LogP contribution in [-0.4, -0.2) is 34.3 Å². The summed E-state index contributed by atoms with van der Waals surface area (Å²) in [6.45, 7) is 1.94. The normalized spacial score (nSPS) is 11.5. The van der Waals surface area contributed by atoms with Crippen molar-refractivity contribution in [3.8, 4) is 5.69 Å². The summed E-state index contributed by atoms with van der Waals surface area (Å²) in [5.74, 6) is -0.868. The monoisotopic (exact) mass is 438 g/mol. The lowest BCUT2D eigenvalue weighted by Gasteiger charge is -2.18. The summed E-state index contributed by atoms with van der Waals surface area (Å²) in [6.07, 6.45) is 0. The van der Waals surface area contributed by atoms with Crippen LogP contribution in [0, 0.1) is 6.92 Å². The van der Waals surface area contributed by atoms with E-state index in [4.69, 9.17) is 10.5 Å². The molecule has 0 radical (unpaired) electrons. The van der Waals surface area contributed by atoms with Gasteiger partial charge in [0, 0.05) is 11.8 Å². The van der Waals surface area contributed by atoms with Gasteiger partial charge in [-0.25, -0.2) is 4.79 Å². The van der Waals surface area contributed by atoms with E-state index in [1.54, 1.807) is 28.8 Å². The van der Waals surface area contributed by atoms with E-state index < -0.39 is 23.5 Å². The van der Waals surface area contributed by atoms with E-state index in [0.717, 1.165) is 23.0 Å². The molecule has 3 N–H and O–H groups in total. The molecule has 0 saturated carbocycles. The second kappa shape index (κ2) is 9.94. The summed E-state index contributed by atoms with van der Waals surface area (Å²) in [6, 6.07) is 16.6. The smallest absolute Gasteiger partial charge is 0.333 e. The first kappa shape index (κ1) is 22.1. The third-order valence-corrected chi connectivity index (χ3v) is 5.33. The quantitative estimate of drug-likeness (QED) is 0.330. The number of aromatic nitrogens is 2. The molecular weight excluding hydrogens is 416 g/mol. The van der Waals surface area contributed by atoms with Crippen molar-refractivity contribution in [2.75, 3.05) is 18.6 Å². The summed E-state index contributed by atoms with van der Waals surface area (Å²) in [5.41, 5.74) is 7.91. The maximum atomic E-state index is 12.6. The highest BCUT2D eigenvalue weighted by atomic mass is 32.2. The van der Waals surface area contributed by atoms with Crippen molar-refractivity contribution in [3.63, 3.8) is 0 Å². The average Bonchev–Trinajstić information content (AvgIpc) is 2.75. The van der Waals surface area contributed by atoms with Crippen LogP contribution in [0.1, 0.15) is 17.2 Å². The molecule has 1 atom stereocenters. The van der Waals surface area contributed by atoms with E-state index in [1.165, 1.54) is 13.2 Å². The van der Waals surface area contributed by atoms with Crippen LogP contribution in [0.3, 0.4) is 0 Å². The molecule has 160 valence electrons. The first-order valence-electron chi connectivity index (χ1n) is 9.40. The van der Waals surface area contributed by atoms with Crippen LogP contribution in [0.25, 0.3) is 5.69 Å². The lowest BCUT2D eigenvalue weighted by molar-refractivity contribution is -0.145. The number of benzene rings is 2. The number of nitrogens with one attached hydrogen (secondary N) is 1. The summed E-state index contributed by atoms with van der Waals surface area (Å²) < 4.78 is 6.43. The van der Waals surface area contributed by atoms with Crippen molar-refractivity contribution in [2.45, 2.75) is 18.1 Å². The maximum absolute atomic E-state index is 12.6. The first-order chi connectivity index (χ1) is 14.9. The molecule has 8 nitrogen and oxygen atoms in total. The van der Waals surface area contributed by atoms with Crippen molar-refractivity contribution < 1.29 is 14.3 Å². The molecule has 0 bridgehead atoms. The summed E-state index contributed by atoms with van der Waals surface area (Å²) in [5, 5.41) is 2.95. The number of ether oxygens (including phenoxy) is 1. The number of nitrogens with two attached hydrogens (primary N) is 1. The van der Waals surface area contributed by atoms with E-state index in [1.807, 2.05) is 37.3 Å². The number of aryl methyl sites for hydroxylation is 1. The molecule has 0 aliphatic carbocycles. The van der Waals surface area contributed by atoms with E-state index >= 15 is 0 Å². The molecule has 1 amide bonds.